The molecule has 1 heterocycles. The van der Waals surface area contributed by atoms with Crippen LogP contribution in [0.5, 0.6) is 0 Å². The Hall–Kier alpha value is -2.80. The zero-order valence-electron chi connectivity index (χ0n) is 12.5. The number of nitrogens with one attached hydrogen (secondary N) is 1. The van der Waals surface area contributed by atoms with Crippen LogP contribution >= 0.6 is 0 Å². The van der Waals surface area contributed by atoms with Gasteiger partial charge in [0.2, 0.25) is 0 Å². The number of carbonyl (C=O) groups is 1. The van der Waals surface area contributed by atoms with E-state index in [1.807, 2.05) is 49.4 Å². The lowest BCUT2D eigenvalue weighted by atomic mass is 10.2. The minimum atomic E-state index is -0.431. The highest BCUT2D eigenvalue weighted by atomic mass is 16.5. The Kier molecular flexibility index (Phi) is 6.01. The van der Waals surface area contributed by atoms with Crippen LogP contribution in [0.4, 0.5) is 4.79 Å². The number of nitrogens with zero attached hydrogens (tertiary/aromatic N) is 1. The van der Waals surface area contributed by atoms with E-state index in [0.29, 0.717) is 13.0 Å². The van der Waals surface area contributed by atoms with Gasteiger partial charge in [-0.3, -0.25) is 0 Å². The van der Waals surface area contributed by atoms with Gasteiger partial charge in [0.15, 0.2) is 0 Å². The predicted octanol–water partition coefficient (Wildman–Crippen LogP) is 3.06. The number of benzene rings is 1. The molecule has 4 nitrogen and oxygen atoms in total. The maximum atomic E-state index is 11.5. The Morgan fingerprint density at radius 2 is 2.05 bits per heavy atom. The molecule has 0 aliphatic heterocycles. The van der Waals surface area contributed by atoms with Crippen LogP contribution in [0.1, 0.15) is 23.2 Å². The second-order valence-electron chi connectivity index (χ2n) is 4.76. The molecule has 0 fully saturated rings. The van der Waals surface area contributed by atoms with Gasteiger partial charge in [-0.05, 0) is 30.0 Å². The van der Waals surface area contributed by atoms with E-state index in [0.717, 1.165) is 16.8 Å². The summed E-state index contributed by atoms with van der Waals surface area (Å²) in [6, 6.07) is 13.4. The Bertz CT molecular complexity index is 655. The first kappa shape index (κ1) is 15.6. The first-order chi connectivity index (χ1) is 10.7. The molecule has 112 valence electrons. The number of pyridine rings is 1. The molecule has 22 heavy (non-hydrogen) atoms. The lowest BCUT2D eigenvalue weighted by Gasteiger charge is -2.05. The average molecular weight is 294 g/mol. The minimum Gasteiger partial charge on any atom is -0.445 e. The number of hydrogen-bond donors (Lipinski definition) is 1. The summed E-state index contributed by atoms with van der Waals surface area (Å²) >= 11 is 0. The molecule has 0 aliphatic rings. The smallest absolute Gasteiger partial charge is 0.407 e. The van der Waals surface area contributed by atoms with Gasteiger partial charge in [-0.2, -0.15) is 0 Å². The Balaban J connectivity index is 1.64. The van der Waals surface area contributed by atoms with Crippen molar-refractivity contribution in [2.75, 3.05) is 6.54 Å². The van der Waals surface area contributed by atoms with Gasteiger partial charge in [-0.1, -0.05) is 42.3 Å². The molecule has 0 spiro atoms. The third-order valence-corrected chi connectivity index (χ3v) is 2.86. The molecule has 0 atom stereocenters. The SMILES string of the molecule is Cc1ccc(C#CCCNC(=O)OCc2ccccc2)nc1. The lowest BCUT2D eigenvalue weighted by molar-refractivity contribution is 0.140. The van der Waals surface area contributed by atoms with E-state index < -0.39 is 6.09 Å². The predicted molar refractivity (Wildman–Crippen MR) is 85.1 cm³/mol. The van der Waals surface area contributed by atoms with E-state index in [9.17, 15) is 4.79 Å². The number of aryl methyl sites for hydroxylation is 1. The van der Waals surface area contributed by atoms with Crippen molar-refractivity contribution in [3.8, 4) is 11.8 Å². The normalized spacial score (nSPS) is 9.50. The van der Waals surface area contributed by atoms with Crippen LogP contribution in [-0.2, 0) is 11.3 Å². The zero-order valence-corrected chi connectivity index (χ0v) is 12.5. The fourth-order valence-corrected chi connectivity index (χ4v) is 1.70. The van der Waals surface area contributed by atoms with E-state index in [2.05, 4.69) is 22.1 Å². The van der Waals surface area contributed by atoms with Gasteiger partial charge in [-0.15, -0.1) is 0 Å². The van der Waals surface area contributed by atoms with E-state index in [1.54, 1.807) is 6.20 Å². The highest BCUT2D eigenvalue weighted by Crippen LogP contribution is 2.00. The Morgan fingerprint density at radius 3 is 2.77 bits per heavy atom. The molecule has 0 unspecified atom stereocenters. The molecule has 2 aromatic rings. The van der Waals surface area contributed by atoms with Crippen LogP contribution in [0, 0.1) is 18.8 Å². The Morgan fingerprint density at radius 1 is 1.23 bits per heavy atom. The maximum Gasteiger partial charge on any atom is 0.407 e. The number of carbonyl (C=O) groups excluding carboxylic acids is 1. The third kappa shape index (κ3) is 5.68. The van der Waals surface area contributed by atoms with Crippen molar-refractivity contribution in [1.29, 1.82) is 0 Å². The molecule has 0 bridgehead atoms. The highest BCUT2D eigenvalue weighted by Gasteiger charge is 2.00. The van der Waals surface area contributed by atoms with Gasteiger partial charge in [0.1, 0.15) is 12.3 Å². The molecule has 4 heteroatoms. The van der Waals surface area contributed by atoms with Crippen molar-refractivity contribution in [1.82, 2.24) is 10.3 Å². The molecule has 0 saturated carbocycles. The van der Waals surface area contributed by atoms with E-state index >= 15 is 0 Å². The molecule has 0 radical (unpaired) electrons. The average Bonchev–Trinajstić information content (AvgIpc) is 2.55. The first-order valence-electron chi connectivity index (χ1n) is 7.10. The van der Waals surface area contributed by atoms with Crippen molar-refractivity contribution in [2.24, 2.45) is 0 Å². The molecule has 2 rings (SSSR count). The zero-order chi connectivity index (χ0) is 15.6. The van der Waals surface area contributed by atoms with Crippen molar-refractivity contribution >= 4 is 6.09 Å². The molecular formula is C18H18N2O2. The summed E-state index contributed by atoms with van der Waals surface area (Å²) in [5.74, 6) is 5.92. The van der Waals surface area contributed by atoms with Gasteiger partial charge in [0.25, 0.3) is 0 Å². The van der Waals surface area contributed by atoms with Crippen LogP contribution in [0.2, 0.25) is 0 Å². The fourth-order valence-electron chi connectivity index (χ4n) is 1.70. The molecule has 1 amide bonds. The quantitative estimate of drug-likeness (QED) is 0.696. The van der Waals surface area contributed by atoms with Crippen molar-refractivity contribution < 1.29 is 9.53 Å². The highest BCUT2D eigenvalue weighted by molar-refractivity contribution is 5.67. The largest absolute Gasteiger partial charge is 0.445 e. The number of rotatable bonds is 4. The van der Waals surface area contributed by atoms with Crippen molar-refractivity contribution in [2.45, 2.75) is 20.0 Å². The number of alkyl carbamates (subject to hydrolysis) is 1. The number of amides is 1. The summed E-state index contributed by atoms with van der Waals surface area (Å²) in [6.07, 6.45) is 1.90. The van der Waals surface area contributed by atoms with Crippen LogP contribution in [0.15, 0.2) is 48.7 Å². The monoisotopic (exact) mass is 294 g/mol. The van der Waals surface area contributed by atoms with Gasteiger partial charge in [-0.25, -0.2) is 9.78 Å². The maximum absolute atomic E-state index is 11.5. The van der Waals surface area contributed by atoms with Crippen LogP contribution in [-0.4, -0.2) is 17.6 Å². The van der Waals surface area contributed by atoms with Crippen LogP contribution in [0.3, 0.4) is 0 Å². The topological polar surface area (TPSA) is 51.2 Å². The van der Waals surface area contributed by atoms with E-state index in [-0.39, 0.29) is 6.61 Å². The molecule has 1 aromatic heterocycles. The van der Waals surface area contributed by atoms with Gasteiger partial charge in [0.05, 0.1) is 0 Å². The molecule has 0 saturated heterocycles. The fraction of sp³-hybridized carbons (Fsp3) is 0.222. The number of ether oxygens (including phenoxy) is 1. The van der Waals surface area contributed by atoms with Crippen molar-refractivity contribution in [3.05, 3.63) is 65.5 Å². The molecule has 1 N–H and O–H groups in total. The first-order valence-corrected chi connectivity index (χ1v) is 7.10. The summed E-state index contributed by atoms with van der Waals surface area (Å²) in [7, 11) is 0. The van der Waals surface area contributed by atoms with Crippen molar-refractivity contribution in [3.63, 3.8) is 0 Å². The van der Waals surface area contributed by atoms with Gasteiger partial charge < -0.3 is 10.1 Å². The molecule has 1 aromatic carbocycles. The second-order valence-corrected chi connectivity index (χ2v) is 4.76. The van der Waals surface area contributed by atoms with E-state index in [1.165, 1.54) is 0 Å². The lowest BCUT2D eigenvalue weighted by Crippen LogP contribution is -2.24. The summed E-state index contributed by atoms with van der Waals surface area (Å²) < 4.78 is 5.10. The third-order valence-electron chi connectivity index (χ3n) is 2.86. The van der Waals surface area contributed by atoms with E-state index in [4.69, 9.17) is 4.74 Å². The van der Waals surface area contributed by atoms with Crippen LogP contribution < -0.4 is 5.32 Å². The van der Waals surface area contributed by atoms with Crippen LogP contribution in [0.25, 0.3) is 0 Å². The number of hydrogen-bond acceptors (Lipinski definition) is 3. The Labute approximate surface area is 130 Å². The summed E-state index contributed by atoms with van der Waals surface area (Å²) in [6.45, 7) is 2.70. The minimum absolute atomic E-state index is 0.269. The second kappa shape index (κ2) is 8.48. The molecular weight excluding hydrogens is 276 g/mol. The standard InChI is InChI=1S/C18H18N2O2/c1-15-10-11-17(20-13-15)9-5-6-12-19-18(21)22-14-16-7-3-2-4-8-16/h2-4,7-8,10-11,13H,6,12,14H2,1H3,(H,19,21). The number of aromatic nitrogens is 1. The summed E-state index contributed by atoms with van der Waals surface area (Å²) in [5.41, 5.74) is 2.80. The summed E-state index contributed by atoms with van der Waals surface area (Å²) in [5, 5.41) is 2.66. The van der Waals surface area contributed by atoms with Gasteiger partial charge >= 0.3 is 6.09 Å². The molecule has 0 aliphatic carbocycles. The summed E-state index contributed by atoms with van der Waals surface area (Å²) in [4.78, 5) is 15.7. The van der Waals surface area contributed by atoms with Gasteiger partial charge in [0, 0.05) is 19.2 Å².